The van der Waals surface area contributed by atoms with E-state index in [1.54, 1.807) is 17.2 Å². The lowest BCUT2D eigenvalue weighted by atomic mass is 10.4. The Morgan fingerprint density at radius 2 is 2.17 bits per heavy atom. The average Bonchev–Trinajstić information content (AvgIpc) is 2.85. The summed E-state index contributed by atoms with van der Waals surface area (Å²) in [6.07, 6.45) is -4.62. The first-order valence-corrected chi connectivity index (χ1v) is 5.55. The lowest BCUT2D eigenvalue weighted by molar-refractivity contribution is -0.144. The number of hydrogen-bond donors (Lipinski definition) is 2. The molecule has 0 aliphatic rings. The van der Waals surface area contributed by atoms with Gasteiger partial charge in [0.1, 0.15) is 0 Å². The molecule has 1 amide bonds. The number of carbonyl (C=O) groups is 1. The molecule has 0 saturated carbocycles. The molecule has 0 aliphatic heterocycles. The second-order valence-electron chi connectivity index (χ2n) is 3.37. The number of hydrogen-bond acceptors (Lipinski definition) is 4. The number of carbonyl (C=O) groups excluding carboxylic acids is 1. The van der Waals surface area contributed by atoms with Gasteiger partial charge in [-0.25, -0.2) is 0 Å². The summed E-state index contributed by atoms with van der Waals surface area (Å²) in [5, 5.41) is 7.16. The molecule has 0 aliphatic carbocycles. The zero-order valence-corrected chi connectivity index (χ0v) is 9.82. The third-order valence-corrected chi connectivity index (χ3v) is 2.94. The van der Waals surface area contributed by atoms with Crippen LogP contribution in [-0.4, -0.2) is 21.1 Å². The predicted octanol–water partition coefficient (Wildman–Crippen LogP) is 2.45. The largest absolute Gasteiger partial charge is 0.451 e. The van der Waals surface area contributed by atoms with Crippen LogP contribution in [0.4, 0.5) is 19.1 Å². The zero-order chi connectivity index (χ0) is 13.3. The minimum atomic E-state index is -4.62. The highest BCUT2D eigenvalue weighted by Crippen LogP contribution is 2.26. The zero-order valence-electron chi connectivity index (χ0n) is 9.00. The van der Waals surface area contributed by atoms with Gasteiger partial charge >= 0.3 is 6.18 Å². The summed E-state index contributed by atoms with van der Waals surface area (Å²) in [4.78, 5) is 16.0. The van der Waals surface area contributed by atoms with Crippen molar-refractivity contribution in [2.24, 2.45) is 0 Å². The summed E-state index contributed by atoms with van der Waals surface area (Å²) in [6.45, 7) is 1.82. The van der Waals surface area contributed by atoms with Crippen LogP contribution in [0.15, 0.2) is 12.1 Å². The van der Waals surface area contributed by atoms with Gasteiger partial charge in [-0.1, -0.05) is 0 Å². The maximum atomic E-state index is 12.2. The van der Waals surface area contributed by atoms with E-state index in [1.807, 2.05) is 6.92 Å². The monoisotopic (exact) mass is 276 g/mol. The van der Waals surface area contributed by atoms with Gasteiger partial charge in [0, 0.05) is 4.88 Å². The Labute approximate surface area is 103 Å². The Morgan fingerprint density at radius 1 is 1.44 bits per heavy atom. The molecule has 0 aromatic carbocycles. The molecular formula is C9H7F3N4OS. The van der Waals surface area contributed by atoms with Crippen molar-refractivity contribution in [2.75, 3.05) is 5.32 Å². The third kappa shape index (κ3) is 2.67. The van der Waals surface area contributed by atoms with Gasteiger partial charge in [-0.15, -0.1) is 16.4 Å². The summed E-state index contributed by atoms with van der Waals surface area (Å²) in [7, 11) is 0. The number of thiophene rings is 1. The standard InChI is InChI=1S/C9H7F3N4OS/c1-4-2-3-5(18-4)6(17)13-8-14-7(15-16-8)9(10,11)12/h2-3H,1H3,(H2,13,14,15,16,17). The molecule has 2 heterocycles. The van der Waals surface area contributed by atoms with Crippen LogP contribution in [0.3, 0.4) is 0 Å². The fourth-order valence-electron chi connectivity index (χ4n) is 1.16. The molecular weight excluding hydrogens is 269 g/mol. The van der Waals surface area contributed by atoms with Gasteiger partial charge in [0.25, 0.3) is 5.91 Å². The lowest BCUT2D eigenvalue weighted by Crippen LogP contribution is -2.12. The van der Waals surface area contributed by atoms with Crippen molar-refractivity contribution in [1.29, 1.82) is 0 Å². The van der Waals surface area contributed by atoms with Crippen molar-refractivity contribution in [3.63, 3.8) is 0 Å². The number of aromatic nitrogens is 3. The van der Waals surface area contributed by atoms with Gasteiger partial charge in [0.2, 0.25) is 11.8 Å². The van der Waals surface area contributed by atoms with Crippen LogP contribution in [0.2, 0.25) is 0 Å². The summed E-state index contributed by atoms with van der Waals surface area (Å²) >= 11 is 1.23. The highest BCUT2D eigenvalue weighted by molar-refractivity contribution is 7.14. The van der Waals surface area contributed by atoms with Crippen LogP contribution in [0, 0.1) is 6.92 Å². The van der Waals surface area contributed by atoms with E-state index < -0.39 is 23.9 Å². The van der Waals surface area contributed by atoms with Crippen LogP contribution >= 0.6 is 11.3 Å². The highest BCUT2D eigenvalue weighted by atomic mass is 32.1. The Balaban J connectivity index is 2.10. The number of nitrogens with one attached hydrogen (secondary N) is 2. The third-order valence-electron chi connectivity index (χ3n) is 1.94. The molecule has 96 valence electrons. The number of anilines is 1. The quantitative estimate of drug-likeness (QED) is 0.885. The lowest BCUT2D eigenvalue weighted by Gasteiger charge is -1.99. The van der Waals surface area contributed by atoms with E-state index in [4.69, 9.17) is 0 Å². The minimum Gasteiger partial charge on any atom is -0.288 e. The van der Waals surface area contributed by atoms with Gasteiger partial charge in [-0.05, 0) is 19.1 Å². The van der Waals surface area contributed by atoms with E-state index in [2.05, 4.69) is 15.4 Å². The highest BCUT2D eigenvalue weighted by Gasteiger charge is 2.35. The number of halogens is 3. The van der Waals surface area contributed by atoms with Crippen molar-refractivity contribution >= 4 is 23.2 Å². The molecule has 0 radical (unpaired) electrons. The molecule has 2 N–H and O–H groups in total. The van der Waals surface area contributed by atoms with Crippen molar-refractivity contribution in [2.45, 2.75) is 13.1 Å². The molecule has 0 spiro atoms. The van der Waals surface area contributed by atoms with Gasteiger partial charge < -0.3 is 0 Å². The summed E-state index contributed by atoms with van der Waals surface area (Å²) in [6, 6.07) is 3.31. The minimum absolute atomic E-state index is 0.380. The summed E-state index contributed by atoms with van der Waals surface area (Å²) < 4.78 is 36.7. The van der Waals surface area contributed by atoms with E-state index in [0.29, 0.717) is 4.88 Å². The first-order valence-electron chi connectivity index (χ1n) is 4.73. The van der Waals surface area contributed by atoms with Gasteiger partial charge in [-0.2, -0.15) is 18.2 Å². The Morgan fingerprint density at radius 3 is 2.67 bits per heavy atom. The molecule has 0 atom stereocenters. The predicted molar refractivity (Wildman–Crippen MR) is 58.4 cm³/mol. The second kappa shape index (κ2) is 4.41. The van der Waals surface area contributed by atoms with E-state index >= 15 is 0 Å². The number of aryl methyl sites for hydroxylation is 1. The van der Waals surface area contributed by atoms with E-state index in [1.165, 1.54) is 11.3 Å². The van der Waals surface area contributed by atoms with Gasteiger partial charge in [-0.3, -0.25) is 15.2 Å². The Bertz CT molecular complexity index is 574. The van der Waals surface area contributed by atoms with Crippen molar-refractivity contribution in [1.82, 2.24) is 15.2 Å². The van der Waals surface area contributed by atoms with E-state index in [-0.39, 0.29) is 0 Å². The van der Waals surface area contributed by atoms with E-state index in [9.17, 15) is 18.0 Å². The number of alkyl halides is 3. The fraction of sp³-hybridized carbons (Fsp3) is 0.222. The number of rotatable bonds is 2. The van der Waals surface area contributed by atoms with Crippen molar-refractivity contribution < 1.29 is 18.0 Å². The fourth-order valence-corrected chi connectivity index (χ4v) is 1.93. The average molecular weight is 276 g/mol. The van der Waals surface area contributed by atoms with Crippen LogP contribution < -0.4 is 5.32 Å². The molecule has 0 saturated heterocycles. The molecule has 18 heavy (non-hydrogen) atoms. The van der Waals surface area contributed by atoms with Crippen molar-refractivity contribution in [3.8, 4) is 0 Å². The van der Waals surface area contributed by atoms with Crippen LogP contribution in [0.5, 0.6) is 0 Å². The number of amides is 1. The SMILES string of the molecule is Cc1ccc(C(=O)Nc2n[nH]c(C(F)(F)F)n2)s1. The molecule has 2 aromatic rings. The van der Waals surface area contributed by atoms with Gasteiger partial charge in [0.05, 0.1) is 4.88 Å². The normalized spacial score (nSPS) is 11.6. The number of aromatic amines is 1. The molecule has 0 fully saturated rings. The number of nitrogens with zero attached hydrogens (tertiary/aromatic N) is 2. The Hall–Kier alpha value is -1.90. The maximum Gasteiger partial charge on any atom is 0.451 e. The summed E-state index contributed by atoms with van der Waals surface area (Å²) in [5.74, 6) is -2.20. The molecule has 0 bridgehead atoms. The van der Waals surface area contributed by atoms with Crippen LogP contribution in [0.25, 0.3) is 0 Å². The van der Waals surface area contributed by atoms with Crippen LogP contribution in [-0.2, 0) is 6.18 Å². The Kier molecular flexibility index (Phi) is 3.07. The first kappa shape index (κ1) is 12.6. The maximum absolute atomic E-state index is 12.2. The molecule has 2 rings (SSSR count). The van der Waals surface area contributed by atoms with Crippen LogP contribution in [0.1, 0.15) is 20.4 Å². The molecule has 2 aromatic heterocycles. The first-order chi connectivity index (χ1) is 8.36. The van der Waals surface area contributed by atoms with Crippen molar-refractivity contribution in [3.05, 3.63) is 27.7 Å². The molecule has 5 nitrogen and oxygen atoms in total. The summed E-state index contributed by atoms with van der Waals surface area (Å²) in [5.41, 5.74) is 0. The molecule has 9 heteroatoms. The van der Waals surface area contributed by atoms with Gasteiger partial charge in [0.15, 0.2) is 0 Å². The second-order valence-corrected chi connectivity index (χ2v) is 4.66. The van der Waals surface area contributed by atoms with E-state index in [0.717, 1.165) is 4.88 Å². The topological polar surface area (TPSA) is 70.7 Å². The number of H-pyrrole nitrogens is 1. The smallest absolute Gasteiger partial charge is 0.288 e. The molecule has 0 unspecified atom stereocenters.